The second-order valence-corrected chi connectivity index (χ2v) is 3.79. The number of rotatable bonds is 5. The number of nitrogens with zero attached hydrogens (tertiary/aromatic N) is 2. The first-order chi connectivity index (χ1) is 8.24. The molecule has 5 heteroatoms. The molecule has 2 rings (SSSR count). The van der Waals surface area contributed by atoms with E-state index in [1.54, 1.807) is 47.6 Å². The highest BCUT2D eigenvalue weighted by atomic mass is 16.5. The number of nitrogens with two attached hydrogens (primary N) is 1. The van der Waals surface area contributed by atoms with Gasteiger partial charge in [0.2, 0.25) is 0 Å². The number of benzene rings is 1. The van der Waals surface area contributed by atoms with Crippen molar-refractivity contribution in [2.75, 3.05) is 12.3 Å². The van der Waals surface area contributed by atoms with Crippen LogP contribution in [0.1, 0.15) is 0 Å². The molecule has 0 saturated heterocycles. The lowest BCUT2D eigenvalue weighted by Crippen LogP contribution is -2.22. The molecule has 0 aliphatic heterocycles. The molecule has 0 amide bonds. The lowest BCUT2D eigenvalue weighted by atomic mass is 10.3. The molecular weight excluding hydrogens is 218 g/mol. The van der Waals surface area contributed by atoms with Gasteiger partial charge in [-0.3, -0.25) is 0 Å². The highest BCUT2D eigenvalue weighted by Crippen LogP contribution is 2.13. The fourth-order valence-corrected chi connectivity index (χ4v) is 1.45. The zero-order valence-corrected chi connectivity index (χ0v) is 9.36. The second kappa shape index (κ2) is 5.36. The van der Waals surface area contributed by atoms with Crippen molar-refractivity contribution in [2.45, 2.75) is 12.6 Å². The Kier molecular flexibility index (Phi) is 3.62. The van der Waals surface area contributed by atoms with Gasteiger partial charge in [-0.2, -0.15) is 0 Å². The number of aliphatic hydroxyl groups excluding tert-OH is 1. The summed E-state index contributed by atoms with van der Waals surface area (Å²) in [6, 6.07) is 7.08. The van der Waals surface area contributed by atoms with E-state index in [0.717, 1.165) is 0 Å². The molecule has 0 spiro atoms. The lowest BCUT2D eigenvalue weighted by Gasteiger charge is -2.12. The van der Waals surface area contributed by atoms with Crippen LogP contribution < -0.4 is 10.5 Å². The Labute approximate surface area is 99.5 Å². The number of imidazole rings is 1. The van der Waals surface area contributed by atoms with Crippen molar-refractivity contribution in [1.82, 2.24) is 9.55 Å². The SMILES string of the molecule is Nc1ccc(OCC(O)Cn2ccnc2)cc1. The summed E-state index contributed by atoms with van der Waals surface area (Å²) in [6.45, 7) is 0.705. The van der Waals surface area contributed by atoms with Crippen molar-refractivity contribution in [3.05, 3.63) is 43.0 Å². The summed E-state index contributed by atoms with van der Waals surface area (Å²) in [7, 11) is 0. The first-order valence-electron chi connectivity index (χ1n) is 5.36. The lowest BCUT2D eigenvalue weighted by molar-refractivity contribution is 0.0925. The average molecular weight is 233 g/mol. The maximum absolute atomic E-state index is 9.74. The summed E-state index contributed by atoms with van der Waals surface area (Å²) < 4.78 is 7.23. The fourth-order valence-electron chi connectivity index (χ4n) is 1.45. The van der Waals surface area contributed by atoms with Crippen LogP contribution in [-0.4, -0.2) is 27.4 Å². The van der Waals surface area contributed by atoms with Crippen LogP contribution in [0.15, 0.2) is 43.0 Å². The number of ether oxygens (including phenoxy) is 1. The Morgan fingerprint density at radius 1 is 1.35 bits per heavy atom. The third kappa shape index (κ3) is 3.49. The number of anilines is 1. The number of aliphatic hydroxyl groups is 1. The first-order valence-corrected chi connectivity index (χ1v) is 5.36. The van der Waals surface area contributed by atoms with Gasteiger partial charge in [-0.25, -0.2) is 4.98 Å². The molecule has 1 aromatic heterocycles. The van der Waals surface area contributed by atoms with E-state index in [1.807, 2.05) is 0 Å². The Morgan fingerprint density at radius 3 is 2.76 bits per heavy atom. The van der Waals surface area contributed by atoms with Crippen molar-refractivity contribution in [2.24, 2.45) is 0 Å². The van der Waals surface area contributed by atoms with E-state index in [9.17, 15) is 5.11 Å². The van der Waals surface area contributed by atoms with Crippen LogP contribution in [0.2, 0.25) is 0 Å². The molecule has 0 saturated carbocycles. The first kappa shape index (κ1) is 11.5. The summed E-state index contributed by atoms with van der Waals surface area (Å²) in [4.78, 5) is 3.90. The van der Waals surface area contributed by atoms with Crippen molar-refractivity contribution in [3.63, 3.8) is 0 Å². The van der Waals surface area contributed by atoms with Gasteiger partial charge in [-0.15, -0.1) is 0 Å². The topological polar surface area (TPSA) is 73.3 Å². The number of hydrogen-bond acceptors (Lipinski definition) is 4. The van der Waals surface area contributed by atoms with E-state index in [-0.39, 0.29) is 6.61 Å². The molecule has 0 fully saturated rings. The molecule has 1 heterocycles. The maximum atomic E-state index is 9.74. The molecule has 1 unspecified atom stereocenters. The predicted octanol–water partition coefficient (Wildman–Crippen LogP) is 0.905. The Morgan fingerprint density at radius 2 is 2.12 bits per heavy atom. The minimum absolute atomic E-state index is 0.238. The van der Waals surface area contributed by atoms with Crippen molar-refractivity contribution in [1.29, 1.82) is 0 Å². The fraction of sp³-hybridized carbons (Fsp3) is 0.250. The van der Waals surface area contributed by atoms with Gasteiger partial charge in [0, 0.05) is 18.1 Å². The monoisotopic (exact) mass is 233 g/mol. The Hall–Kier alpha value is -2.01. The normalized spacial score (nSPS) is 12.3. The van der Waals surface area contributed by atoms with Crippen LogP contribution in [0.4, 0.5) is 5.69 Å². The number of aromatic nitrogens is 2. The van der Waals surface area contributed by atoms with Gasteiger partial charge < -0.3 is 20.1 Å². The molecule has 0 aliphatic rings. The Bertz CT molecular complexity index is 439. The van der Waals surface area contributed by atoms with Gasteiger partial charge in [-0.05, 0) is 24.3 Å². The van der Waals surface area contributed by atoms with Crippen LogP contribution >= 0.6 is 0 Å². The molecular formula is C12H15N3O2. The standard InChI is InChI=1S/C12H15N3O2/c13-10-1-3-12(4-2-10)17-8-11(16)7-15-6-5-14-9-15/h1-6,9,11,16H,7-8,13H2. The molecule has 0 aliphatic carbocycles. The van der Waals surface area contributed by atoms with E-state index in [0.29, 0.717) is 18.0 Å². The summed E-state index contributed by atoms with van der Waals surface area (Å²) >= 11 is 0. The Balaban J connectivity index is 1.79. The van der Waals surface area contributed by atoms with Crippen LogP contribution in [-0.2, 0) is 6.54 Å². The van der Waals surface area contributed by atoms with Crippen LogP contribution in [0.3, 0.4) is 0 Å². The highest BCUT2D eigenvalue weighted by molar-refractivity contribution is 5.41. The highest BCUT2D eigenvalue weighted by Gasteiger charge is 2.05. The molecule has 5 nitrogen and oxygen atoms in total. The zero-order chi connectivity index (χ0) is 12.1. The summed E-state index contributed by atoms with van der Waals surface area (Å²) in [5.74, 6) is 0.698. The molecule has 1 aromatic carbocycles. The molecule has 3 N–H and O–H groups in total. The minimum atomic E-state index is -0.568. The van der Waals surface area contributed by atoms with E-state index < -0.39 is 6.10 Å². The molecule has 17 heavy (non-hydrogen) atoms. The van der Waals surface area contributed by atoms with Crippen LogP contribution in [0.5, 0.6) is 5.75 Å². The summed E-state index contributed by atoms with van der Waals surface area (Å²) in [5, 5.41) is 9.74. The van der Waals surface area contributed by atoms with Gasteiger partial charge >= 0.3 is 0 Å². The van der Waals surface area contributed by atoms with Crippen molar-refractivity contribution in [3.8, 4) is 5.75 Å². The van der Waals surface area contributed by atoms with E-state index in [4.69, 9.17) is 10.5 Å². The van der Waals surface area contributed by atoms with Crippen molar-refractivity contribution < 1.29 is 9.84 Å². The predicted molar refractivity (Wildman–Crippen MR) is 64.6 cm³/mol. The summed E-state index contributed by atoms with van der Waals surface area (Å²) in [5.41, 5.74) is 6.25. The molecule has 0 bridgehead atoms. The number of hydrogen-bond donors (Lipinski definition) is 2. The minimum Gasteiger partial charge on any atom is -0.491 e. The van der Waals surface area contributed by atoms with Gasteiger partial charge in [0.15, 0.2) is 0 Å². The van der Waals surface area contributed by atoms with Gasteiger partial charge in [-0.1, -0.05) is 0 Å². The van der Waals surface area contributed by atoms with E-state index >= 15 is 0 Å². The molecule has 1 atom stereocenters. The van der Waals surface area contributed by atoms with E-state index in [2.05, 4.69) is 4.98 Å². The summed E-state index contributed by atoms with van der Waals surface area (Å²) in [6.07, 6.45) is 4.56. The third-order valence-electron chi connectivity index (χ3n) is 2.30. The average Bonchev–Trinajstić information content (AvgIpc) is 2.81. The number of nitrogen functional groups attached to an aromatic ring is 1. The van der Waals surface area contributed by atoms with Crippen molar-refractivity contribution >= 4 is 5.69 Å². The second-order valence-electron chi connectivity index (χ2n) is 3.79. The molecule has 2 aromatic rings. The van der Waals surface area contributed by atoms with E-state index in [1.165, 1.54) is 0 Å². The van der Waals surface area contributed by atoms with Gasteiger partial charge in [0.1, 0.15) is 18.5 Å². The third-order valence-corrected chi connectivity index (χ3v) is 2.30. The molecule has 90 valence electrons. The smallest absolute Gasteiger partial charge is 0.119 e. The zero-order valence-electron chi connectivity index (χ0n) is 9.36. The van der Waals surface area contributed by atoms with Crippen LogP contribution in [0.25, 0.3) is 0 Å². The van der Waals surface area contributed by atoms with Gasteiger partial charge in [0.25, 0.3) is 0 Å². The quantitative estimate of drug-likeness (QED) is 0.753. The van der Waals surface area contributed by atoms with Crippen LogP contribution in [0, 0.1) is 0 Å². The largest absolute Gasteiger partial charge is 0.491 e. The van der Waals surface area contributed by atoms with Gasteiger partial charge in [0.05, 0.1) is 12.9 Å². The maximum Gasteiger partial charge on any atom is 0.119 e. The molecule has 0 radical (unpaired) electrons.